The van der Waals surface area contributed by atoms with Gasteiger partial charge in [-0.2, -0.15) is 0 Å². The van der Waals surface area contributed by atoms with Gasteiger partial charge in [0.2, 0.25) is 0 Å². The van der Waals surface area contributed by atoms with Crippen molar-refractivity contribution in [2.75, 3.05) is 11.9 Å². The maximum Gasteiger partial charge on any atom is 0.255 e. The Labute approximate surface area is 76.8 Å². The number of hydrogen-bond acceptors (Lipinski definition) is 1. The van der Waals surface area contributed by atoms with Crippen molar-refractivity contribution in [3.05, 3.63) is 29.3 Å². The molecule has 0 aliphatic carbocycles. The molecule has 0 aliphatic rings. The minimum absolute atomic E-state index is 0.286. The summed E-state index contributed by atoms with van der Waals surface area (Å²) < 4.78 is 23.8. The quantitative estimate of drug-likeness (QED) is 0.763. The Morgan fingerprint density at radius 1 is 1.23 bits per heavy atom. The van der Waals surface area contributed by atoms with Gasteiger partial charge in [-0.25, -0.2) is 8.78 Å². The molecule has 72 valence electrons. The number of rotatable bonds is 3. The molecule has 0 radical (unpaired) electrons. The van der Waals surface area contributed by atoms with E-state index in [1.807, 2.05) is 32.0 Å². The number of para-hydroxylation sites is 1. The van der Waals surface area contributed by atoms with Crippen molar-refractivity contribution in [1.82, 2.24) is 0 Å². The molecule has 0 heterocycles. The van der Waals surface area contributed by atoms with E-state index in [0.29, 0.717) is 0 Å². The van der Waals surface area contributed by atoms with Gasteiger partial charge >= 0.3 is 0 Å². The number of anilines is 1. The van der Waals surface area contributed by atoms with Gasteiger partial charge in [0.05, 0.1) is 6.54 Å². The lowest BCUT2D eigenvalue weighted by atomic mass is 10.1. The zero-order chi connectivity index (χ0) is 9.84. The van der Waals surface area contributed by atoms with E-state index in [1.54, 1.807) is 0 Å². The SMILES string of the molecule is Cc1cccc(C)c1NCC(F)F. The van der Waals surface area contributed by atoms with Crippen molar-refractivity contribution in [1.29, 1.82) is 0 Å². The average Bonchev–Trinajstić information content (AvgIpc) is 2.03. The summed E-state index contributed by atoms with van der Waals surface area (Å²) in [7, 11) is 0. The van der Waals surface area contributed by atoms with Crippen LogP contribution < -0.4 is 5.32 Å². The molecule has 0 aromatic heterocycles. The second-order valence-corrected chi connectivity index (χ2v) is 3.04. The van der Waals surface area contributed by atoms with Gasteiger partial charge in [0.15, 0.2) is 0 Å². The fourth-order valence-electron chi connectivity index (χ4n) is 1.27. The molecule has 0 fully saturated rings. The van der Waals surface area contributed by atoms with Crippen LogP contribution in [0.15, 0.2) is 18.2 Å². The van der Waals surface area contributed by atoms with Crippen LogP contribution in [0.4, 0.5) is 14.5 Å². The summed E-state index contributed by atoms with van der Waals surface area (Å²) in [5, 5.41) is 2.73. The third kappa shape index (κ3) is 2.68. The molecule has 3 heteroatoms. The van der Waals surface area contributed by atoms with Crippen molar-refractivity contribution in [3.63, 3.8) is 0 Å². The second-order valence-electron chi connectivity index (χ2n) is 3.04. The summed E-state index contributed by atoms with van der Waals surface area (Å²) >= 11 is 0. The number of nitrogens with one attached hydrogen (secondary N) is 1. The Hall–Kier alpha value is -1.12. The predicted octanol–water partition coefficient (Wildman–Crippen LogP) is 2.98. The molecule has 1 nitrogen and oxygen atoms in total. The van der Waals surface area contributed by atoms with E-state index in [-0.39, 0.29) is 6.54 Å². The monoisotopic (exact) mass is 185 g/mol. The van der Waals surface area contributed by atoms with E-state index in [0.717, 1.165) is 16.8 Å². The molecule has 1 N–H and O–H groups in total. The van der Waals surface area contributed by atoms with Crippen LogP contribution in [-0.4, -0.2) is 13.0 Å². The number of aryl methyl sites for hydroxylation is 2. The van der Waals surface area contributed by atoms with E-state index in [9.17, 15) is 8.78 Å². The first-order chi connectivity index (χ1) is 6.11. The second kappa shape index (κ2) is 4.21. The average molecular weight is 185 g/mol. The van der Waals surface area contributed by atoms with Crippen LogP contribution in [0.3, 0.4) is 0 Å². The van der Waals surface area contributed by atoms with Gasteiger partial charge in [0.25, 0.3) is 6.43 Å². The Bertz CT molecular complexity index is 264. The largest absolute Gasteiger partial charge is 0.379 e. The van der Waals surface area contributed by atoms with Crippen LogP contribution in [0.2, 0.25) is 0 Å². The lowest BCUT2D eigenvalue weighted by Crippen LogP contribution is -2.11. The normalized spacial score (nSPS) is 10.5. The molecule has 0 atom stereocenters. The molecule has 0 aliphatic heterocycles. The molecule has 1 aromatic rings. The molecule has 0 amide bonds. The van der Waals surface area contributed by atoms with Crippen LogP contribution in [-0.2, 0) is 0 Å². The van der Waals surface area contributed by atoms with Crippen LogP contribution in [0.25, 0.3) is 0 Å². The molecule has 0 spiro atoms. The van der Waals surface area contributed by atoms with Crippen LogP contribution in [0.1, 0.15) is 11.1 Å². The Kier molecular flexibility index (Phi) is 3.23. The van der Waals surface area contributed by atoms with E-state index >= 15 is 0 Å². The van der Waals surface area contributed by atoms with Crippen molar-refractivity contribution < 1.29 is 8.78 Å². The molecular weight excluding hydrogens is 172 g/mol. The predicted molar refractivity (Wildman–Crippen MR) is 50.4 cm³/mol. The van der Waals surface area contributed by atoms with Crippen molar-refractivity contribution in [2.24, 2.45) is 0 Å². The number of benzene rings is 1. The van der Waals surface area contributed by atoms with E-state index < -0.39 is 6.43 Å². The van der Waals surface area contributed by atoms with E-state index in [4.69, 9.17) is 0 Å². The number of alkyl halides is 2. The lowest BCUT2D eigenvalue weighted by molar-refractivity contribution is 0.163. The summed E-state index contributed by atoms with van der Waals surface area (Å²) in [5.41, 5.74) is 2.82. The van der Waals surface area contributed by atoms with Gasteiger partial charge < -0.3 is 5.32 Å². The molecular formula is C10H13F2N. The van der Waals surface area contributed by atoms with Crippen molar-refractivity contribution in [2.45, 2.75) is 20.3 Å². The van der Waals surface area contributed by atoms with Gasteiger partial charge in [-0.15, -0.1) is 0 Å². The third-order valence-electron chi connectivity index (χ3n) is 1.91. The Balaban J connectivity index is 2.75. The summed E-state index contributed by atoms with van der Waals surface area (Å²) in [6.45, 7) is 3.52. The first-order valence-electron chi connectivity index (χ1n) is 4.19. The van der Waals surface area contributed by atoms with Crippen molar-refractivity contribution in [3.8, 4) is 0 Å². The number of hydrogen-bond donors (Lipinski definition) is 1. The fourth-order valence-corrected chi connectivity index (χ4v) is 1.27. The summed E-state index contributed by atoms with van der Waals surface area (Å²) in [6.07, 6.45) is -2.31. The summed E-state index contributed by atoms with van der Waals surface area (Å²) in [5.74, 6) is 0. The topological polar surface area (TPSA) is 12.0 Å². The van der Waals surface area contributed by atoms with Crippen LogP contribution >= 0.6 is 0 Å². The third-order valence-corrected chi connectivity index (χ3v) is 1.91. The van der Waals surface area contributed by atoms with Crippen LogP contribution in [0, 0.1) is 13.8 Å². The standard InChI is InChI=1S/C10H13F2N/c1-7-4-3-5-8(2)10(7)13-6-9(11)12/h3-5,9,13H,6H2,1-2H3. The fraction of sp³-hybridized carbons (Fsp3) is 0.400. The molecule has 0 saturated carbocycles. The molecule has 13 heavy (non-hydrogen) atoms. The Morgan fingerprint density at radius 2 is 1.77 bits per heavy atom. The summed E-state index contributed by atoms with van der Waals surface area (Å²) in [6, 6.07) is 5.72. The lowest BCUT2D eigenvalue weighted by Gasteiger charge is -2.11. The molecule has 1 aromatic carbocycles. The minimum Gasteiger partial charge on any atom is -0.379 e. The highest BCUT2D eigenvalue weighted by atomic mass is 19.3. The van der Waals surface area contributed by atoms with E-state index in [1.165, 1.54) is 0 Å². The first-order valence-corrected chi connectivity index (χ1v) is 4.19. The highest BCUT2D eigenvalue weighted by Crippen LogP contribution is 2.19. The zero-order valence-electron chi connectivity index (χ0n) is 7.77. The van der Waals surface area contributed by atoms with Gasteiger partial charge in [-0.05, 0) is 25.0 Å². The maximum absolute atomic E-state index is 11.9. The van der Waals surface area contributed by atoms with Gasteiger partial charge in [-0.1, -0.05) is 18.2 Å². The molecule has 0 saturated heterocycles. The summed E-state index contributed by atoms with van der Waals surface area (Å²) in [4.78, 5) is 0. The van der Waals surface area contributed by atoms with Crippen LogP contribution in [0.5, 0.6) is 0 Å². The van der Waals surface area contributed by atoms with Gasteiger partial charge in [0, 0.05) is 5.69 Å². The maximum atomic E-state index is 11.9. The molecule has 1 rings (SSSR count). The van der Waals surface area contributed by atoms with E-state index in [2.05, 4.69) is 5.32 Å². The Morgan fingerprint density at radius 3 is 2.23 bits per heavy atom. The highest BCUT2D eigenvalue weighted by molar-refractivity contribution is 5.56. The molecule has 0 bridgehead atoms. The number of halogens is 2. The van der Waals surface area contributed by atoms with Crippen molar-refractivity contribution >= 4 is 5.69 Å². The molecule has 0 unspecified atom stereocenters. The minimum atomic E-state index is -2.31. The first kappa shape index (κ1) is 9.96. The van der Waals surface area contributed by atoms with Gasteiger partial charge in [-0.3, -0.25) is 0 Å². The smallest absolute Gasteiger partial charge is 0.255 e. The zero-order valence-corrected chi connectivity index (χ0v) is 7.77. The van der Waals surface area contributed by atoms with Gasteiger partial charge in [0.1, 0.15) is 0 Å². The highest BCUT2D eigenvalue weighted by Gasteiger charge is 2.05.